The third kappa shape index (κ3) is 4.94. The van der Waals surface area contributed by atoms with E-state index in [1.165, 1.54) is 4.90 Å². The van der Waals surface area contributed by atoms with E-state index in [2.05, 4.69) is 18.8 Å². The molecule has 0 aliphatic heterocycles. The van der Waals surface area contributed by atoms with Gasteiger partial charge in [0.05, 0.1) is 25.3 Å². The van der Waals surface area contributed by atoms with Gasteiger partial charge in [0.15, 0.2) is 5.43 Å². The maximum absolute atomic E-state index is 13.1. The van der Waals surface area contributed by atoms with Crippen LogP contribution in [0.2, 0.25) is 0 Å². The highest BCUT2D eigenvalue weighted by atomic mass is 16.5. The predicted octanol–water partition coefficient (Wildman–Crippen LogP) is 2.69. The van der Waals surface area contributed by atoms with Crippen molar-refractivity contribution in [3.63, 3.8) is 0 Å². The zero-order chi connectivity index (χ0) is 18.9. The number of quaternary nitrogens is 1. The first-order valence-corrected chi connectivity index (χ1v) is 9.76. The molecule has 0 fully saturated rings. The fourth-order valence-electron chi connectivity index (χ4n) is 3.23. The summed E-state index contributed by atoms with van der Waals surface area (Å²) < 4.78 is 5.20. The number of rotatable bonds is 10. The Labute approximate surface area is 155 Å². The van der Waals surface area contributed by atoms with Crippen molar-refractivity contribution in [2.45, 2.75) is 53.0 Å². The van der Waals surface area contributed by atoms with Crippen LogP contribution >= 0.6 is 0 Å². The fraction of sp³-hybridized carbons (Fsp3) is 0.524. The van der Waals surface area contributed by atoms with E-state index in [9.17, 15) is 9.59 Å². The summed E-state index contributed by atoms with van der Waals surface area (Å²) in [5, 5.41) is 0.626. The summed E-state index contributed by atoms with van der Waals surface area (Å²) in [5.41, 5.74) is 1.46. The van der Waals surface area contributed by atoms with Crippen LogP contribution in [0.1, 0.15) is 62.5 Å². The number of hydrogen-bond acceptors (Lipinski definition) is 3. The van der Waals surface area contributed by atoms with E-state index in [1.54, 1.807) is 6.92 Å². The third-order valence-corrected chi connectivity index (χ3v) is 4.68. The molecule has 1 aromatic carbocycles. The monoisotopic (exact) mass is 359 g/mol. The molecule has 0 bridgehead atoms. The van der Waals surface area contributed by atoms with Gasteiger partial charge in [0.2, 0.25) is 0 Å². The SMILES string of the molecule is CCCC[NH+](CCCC)Cc1c(C(=O)OCC)[nH]c2ccccc2c1=O. The Kier molecular flexibility index (Phi) is 7.85. The topological polar surface area (TPSA) is 63.6 Å². The molecular formula is C21H31N2O3+. The first kappa shape index (κ1) is 20.2. The van der Waals surface area contributed by atoms with Crippen LogP contribution in [0.3, 0.4) is 0 Å². The van der Waals surface area contributed by atoms with Crippen LogP contribution in [0.4, 0.5) is 0 Å². The van der Waals surface area contributed by atoms with Gasteiger partial charge in [0.1, 0.15) is 12.2 Å². The summed E-state index contributed by atoms with van der Waals surface area (Å²) in [7, 11) is 0. The first-order valence-electron chi connectivity index (χ1n) is 9.76. The van der Waals surface area contributed by atoms with Crippen molar-refractivity contribution in [3.8, 4) is 0 Å². The van der Waals surface area contributed by atoms with Gasteiger partial charge in [-0.05, 0) is 31.9 Å². The minimum atomic E-state index is -0.448. The Morgan fingerprint density at radius 3 is 2.35 bits per heavy atom. The largest absolute Gasteiger partial charge is 0.461 e. The minimum absolute atomic E-state index is 0.0621. The summed E-state index contributed by atoms with van der Waals surface area (Å²) in [4.78, 5) is 30.1. The lowest BCUT2D eigenvalue weighted by Gasteiger charge is -2.20. The first-order chi connectivity index (χ1) is 12.6. The van der Waals surface area contributed by atoms with Crippen molar-refractivity contribution in [3.05, 3.63) is 45.7 Å². The number of fused-ring (bicyclic) bond motifs is 1. The molecule has 1 heterocycles. The van der Waals surface area contributed by atoms with Crippen molar-refractivity contribution in [2.24, 2.45) is 0 Å². The molecule has 5 heteroatoms. The van der Waals surface area contributed by atoms with Gasteiger partial charge in [-0.2, -0.15) is 0 Å². The van der Waals surface area contributed by atoms with E-state index in [0.29, 0.717) is 28.7 Å². The Hall–Kier alpha value is -2.14. The van der Waals surface area contributed by atoms with Crippen LogP contribution in [-0.2, 0) is 11.3 Å². The van der Waals surface area contributed by atoms with Crippen molar-refractivity contribution in [1.82, 2.24) is 4.98 Å². The number of esters is 1. The highest BCUT2D eigenvalue weighted by molar-refractivity contribution is 5.92. The fourth-order valence-corrected chi connectivity index (χ4v) is 3.23. The van der Waals surface area contributed by atoms with Crippen LogP contribution in [-0.4, -0.2) is 30.6 Å². The highest BCUT2D eigenvalue weighted by Gasteiger charge is 2.22. The lowest BCUT2D eigenvalue weighted by Crippen LogP contribution is -3.10. The smallest absolute Gasteiger partial charge is 0.355 e. The van der Waals surface area contributed by atoms with Crippen LogP contribution in [0.5, 0.6) is 0 Å². The molecule has 0 saturated carbocycles. The van der Waals surface area contributed by atoms with E-state index in [-0.39, 0.29) is 12.0 Å². The number of unbranched alkanes of at least 4 members (excludes halogenated alkanes) is 2. The van der Waals surface area contributed by atoms with Gasteiger partial charge in [-0.1, -0.05) is 38.8 Å². The summed E-state index contributed by atoms with van der Waals surface area (Å²) in [6, 6.07) is 7.34. The second-order valence-corrected chi connectivity index (χ2v) is 6.71. The number of carbonyl (C=O) groups is 1. The van der Waals surface area contributed by atoms with Gasteiger partial charge < -0.3 is 14.6 Å². The number of aromatic amines is 1. The molecule has 0 spiro atoms. The molecule has 0 aliphatic carbocycles. The number of benzene rings is 1. The summed E-state index contributed by atoms with van der Waals surface area (Å²) in [5.74, 6) is -0.448. The lowest BCUT2D eigenvalue weighted by molar-refractivity contribution is -0.914. The minimum Gasteiger partial charge on any atom is -0.461 e. The van der Waals surface area contributed by atoms with Crippen LogP contribution in [0.25, 0.3) is 10.9 Å². The Morgan fingerprint density at radius 1 is 1.08 bits per heavy atom. The van der Waals surface area contributed by atoms with Gasteiger partial charge in [-0.15, -0.1) is 0 Å². The molecule has 26 heavy (non-hydrogen) atoms. The van der Waals surface area contributed by atoms with Crippen molar-refractivity contribution in [1.29, 1.82) is 0 Å². The molecule has 0 amide bonds. The summed E-state index contributed by atoms with van der Waals surface area (Å²) >= 11 is 0. The molecular weight excluding hydrogens is 328 g/mol. The number of hydrogen-bond donors (Lipinski definition) is 2. The molecule has 1 aromatic heterocycles. The molecule has 0 atom stereocenters. The zero-order valence-electron chi connectivity index (χ0n) is 16.2. The zero-order valence-corrected chi connectivity index (χ0v) is 16.2. The van der Waals surface area contributed by atoms with E-state index in [1.807, 2.05) is 24.3 Å². The van der Waals surface area contributed by atoms with Gasteiger partial charge in [0, 0.05) is 10.9 Å². The second kappa shape index (κ2) is 10.1. The number of nitrogens with one attached hydrogen (secondary N) is 2. The normalized spacial score (nSPS) is 11.2. The molecule has 142 valence electrons. The van der Waals surface area contributed by atoms with E-state index >= 15 is 0 Å². The number of pyridine rings is 1. The maximum atomic E-state index is 13.1. The Bertz CT molecular complexity index is 774. The van der Waals surface area contributed by atoms with E-state index in [0.717, 1.165) is 38.8 Å². The number of para-hydroxylation sites is 1. The molecule has 0 saturated heterocycles. The summed E-state index contributed by atoms with van der Waals surface area (Å²) in [6.45, 7) is 8.96. The van der Waals surface area contributed by atoms with Gasteiger partial charge in [-0.25, -0.2) is 4.79 Å². The van der Waals surface area contributed by atoms with Crippen LogP contribution < -0.4 is 10.3 Å². The average Bonchev–Trinajstić information content (AvgIpc) is 2.65. The number of H-pyrrole nitrogens is 1. The quantitative estimate of drug-likeness (QED) is 0.641. The summed E-state index contributed by atoms with van der Waals surface area (Å²) in [6.07, 6.45) is 4.46. The van der Waals surface area contributed by atoms with Crippen LogP contribution in [0.15, 0.2) is 29.1 Å². The predicted molar refractivity (Wildman–Crippen MR) is 105 cm³/mol. The molecule has 2 rings (SSSR count). The Morgan fingerprint density at radius 2 is 1.73 bits per heavy atom. The van der Waals surface area contributed by atoms with E-state index in [4.69, 9.17) is 4.74 Å². The van der Waals surface area contributed by atoms with Crippen molar-refractivity contribution < 1.29 is 14.4 Å². The molecule has 0 radical (unpaired) electrons. The maximum Gasteiger partial charge on any atom is 0.355 e. The van der Waals surface area contributed by atoms with Crippen molar-refractivity contribution >= 4 is 16.9 Å². The third-order valence-electron chi connectivity index (χ3n) is 4.68. The molecule has 0 unspecified atom stereocenters. The van der Waals surface area contributed by atoms with Crippen molar-refractivity contribution in [2.75, 3.05) is 19.7 Å². The molecule has 2 aromatic rings. The lowest BCUT2D eigenvalue weighted by atomic mass is 10.1. The second-order valence-electron chi connectivity index (χ2n) is 6.71. The van der Waals surface area contributed by atoms with Crippen LogP contribution in [0, 0.1) is 0 Å². The van der Waals surface area contributed by atoms with Gasteiger partial charge in [-0.3, -0.25) is 4.79 Å². The molecule has 0 aliphatic rings. The highest BCUT2D eigenvalue weighted by Crippen LogP contribution is 2.12. The number of carbonyl (C=O) groups excluding carboxylic acids is 1. The number of ether oxygens (including phenoxy) is 1. The standard InChI is InChI=1S/C21H30N2O3/c1-4-7-13-23(14-8-5-2)15-17-19(21(25)26-6-3)22-18-12-10-9-11-16(18)20(17)24/h9-12H,4-8,13-15H2,1-3H3,(H,22,24)/p+1. The molecule has 5 nitrogen and oxygen atoms in total. The Balaban J connectivity index is 2.47. The molecule has 2 N–H and O–H groups in total. The number of aromatic nitrogens is 1. The van der Waals surface area contributed by atoms with E-state index < -0.39 is 5.97 Å². The average molecular weight is 359 g/mol. The van der Waals surface area contributed by atoms with Gasteiger partial charge in [0.25, 0.3) is 0 Å². The van der Waals surface area contributed by atoms with Gasteiger partial charge >= 0.3 is 5.97 Å².